The van der Waals surface area contributed by atoms with Crippen molar-refractivity contribution < 1.29 is 19.1 Å². The molecule has 0 aliphatic carbocycles. The molecule has 0 aromatic heterocycles. The van der Waals surface area contributed by atoms with Gasteiger partial charge in [-0.25, -0.2) is 4.79 Å². The Balaban J connectivity index is 2.11. The van der Waals surface area contributed by atoms with Crippen LogP contribution in [0, 0.1) is 6.92 Å². The molecule has 1 aliphatic heterocycles. The summed E-state index contributed by atoms with van der Waals surface area (Å²) in [6, 6.07) is 7.12. The molecule has 112 valence electrons. The van der Waals surface area contributed by atoms with Crippen molar-refractivity contribution in [3.05, 3.63) is 41.5 Å². The highest BCUT2D eigenvalue weighted by molar-refractivity contribution is 5.95. The predicted octanol–water partition coefficient (Wildman–Crippen LogP) is 1.41. The maximum Gasteiger partial charge on any atom is 0.331 e. The number of amides is 1. The van der Waals surface area contributed by atoms with Gasteiger partial charge in [0.15, 0.2) is 6.04 Å². The minimum atomic E-state index is -0.669. The molecule has 1 fully saturated rings. The summed E-state index contributed by atoms with van der Waals surface area (Å²) in [4.78, 5) is 25.5. The zero-order valence-electron chi connectivity index (χ0n) is 12.2. The smallest absolute Gasteiger partial charge is 0.331 e. The van der Waals surface area contributed by atoms with Gasteiger partial charge in [-0.05, 0) is 24.1 Å². The van der Waals surface area contributed by atoms with Crippen LogP contribution in [0.2, 0.25) is 0 Å². The number of methoxy groups -OCH3 is 1. The van der Waals surface area contributed by atoms with E-state index in [1.54, 1.807) is 6.08 Å². The van der Waals surface area contributed by atoms with E-state index in [1.165, 1.54) is 18.1 Å². The molecule has 0 bridgehead atoms. The average molecular weight is 289 g/mol. The molecule has 1 unspecified atom stereocenters. The first kappa shape index (κ1) is 15.3. The summed E-state index contributed by atoms with van der Waals surface area (Å²) < 4.78 is 9.96. The van der Waals surface area contributed by atoms with Crippen molar-refractivity contribution in [3.8, 4) is 0 Å². The van der Waals surface area contributed by atoms with Crippen molar-refractivity contribution in [2.45, 2.75) is 13.0 Å². The topological polar surface area (TPSA) is 55.8 Å². The van der Waals surface area contributed by atoms with E-state index in [2.05, 4.69) is 0 Å². The molecule has 1 amide bonds. The van der Waals surface area contributed by atoms with E-state index in [1.807, 2.05) is 31.2 Å². The lowest BCUT2D eigenvalue weighted by Gasteiger charge is -2.32. The van der Waals surface area contributed by atoms with E-state index in [0.717, 1.165) is 11.1 Å². The minimum absolute atomic E-state index is 0.177. The van der Waals surface area contributed by atoms with Crippen molar-refractivity contribution in [2.24, 2.45) is 0 Å². The van der Waals surface area contributed by atoms with Gasteiger partial charge in [-0.2, -0.15) is 0 Å². The van der Waals surface area contributed by atoms with Crippen LogP contribution < -0.4 is 0 Å². The van der Waals surface area contributed by atoms with Gasteiger partial charge in [0, 0.05) is 12.6 Å². The number of carbonyl (C=O) groups is 2. The minimum Gasteiger partial charge on any atom is -0.467 e. The van der Waals surface area contributed by atoms with E-state index >= 15 is 0 Å². The van der Waals surface area contributed by atoms with E-state index in [9.17, 15) is 9.59 Å². The Labute approximate surface area is 124 Å². The molecule has 21 heavy (non-hydrogen) atoms. The van der Waals surface area contributed by atoms with Crippen molar-refractivity contribution in [2.75, 3.05) is 26.9 Å². The summed E-state index contributed by atoms with van der Waals surface area (Å²) in [7, 11) is 1.31. The van der Waals surface area contributed by atoms with Crippen LogP contribution in [-0.2, 0) is 19.1 Å². The summed E-state index contributed by atoms with van der Waals surface area (Å²) in [6.45, 7) is 2.97. The lowest BCUT2D eigenvalue weighted by atomic mass is 10.1. The van der Waals surface area contributed by atoms with Crippen LogP contribution in [0.25, 0.3) is 6.08 Å². The summed E-state index contributed by atoms with van der Waals surface area (Å²) in [6.07, 6.45) is 3.26. The van der Waals surface area contributed by atoms with Gasteiger partial charge in [0.2, 0.25) is 5.91 Å². The highest BCUT2D eigenvalue weighted by atomic mass is 16.5. The molecule has 0 saturated carbocycles. The lowest BCUT2D eigenvalue weighted by molar-refractivity contribution is -0.158. The fraction of sp³-hybridized carbons (Fsp3) is 0.375. The average Bonchev–Trinajstić information content (AvgIpc) is 2.53. The fourth-order valence-corrected chi connectivity index (χ4v) is 2.23. The van der Waals surface area contributed by atoms with E-state index < -0.39 is 12.0 Å². The van der Waals surface area contributed by atoms with Gasteiger partial charge in [-0.3, -0.25) is 4.79 Å². The van der Waals surface area contributed by atoms with E-state index in [4.69, 9.17) is 9.47 Å². The molecular weight excluding hydrogens is 270 g/mol. The quantitative estimate of drug-likeness (QED) is 0.623. The van der Waals surface area contributed by atoms with Gasteiger partial charge in [-0.15, -0.1) is 0 Å². The number of ether oxygens (including phenoxy) is 2. The fourth-order valence-electron chi connectivity index (χ4n) is 2.23. The normalized spacial score (nSPS) is 18.8. The molecule has 2 rings (SSSR count). The maximum atomic E-state index is 12.3. The van der Waals surface area contributed by atoms with Crippen molar-refractivity contribution in [3.63, 3.8) is 0 Å². The molecule has 1 heterocycles. The Bertz CT molecular complexity index is 553. The first-order valence-corrected chi connectivity index (χ1v) is 6.83. The van der Waals surface area contributed by atoms with Crippen LogP contribution in [0.4, 0.5) is 0 Å². The van der Waals surface area contributed by atoms with Crippen LogP contribution in [0.15, 0.2) is 30.3 Å². The molecule has 0 radical (unpaired) electrons. The summed E-state index contributed by atoms with van der Waals surface area (Å²) in [5.74, 6) is -0.663. The first-order valence-electron chi connectivity index (χ1n) is 6.83. The molecule has 0 N–H and O–H groups in total. The van der Waals surface area contributed by atoms with Gasteiger partial charge < -0.3 is 14.4 Å². The Morgan fingerprint density at radius 2 is 2.14 bits per heavy atom. The first-order chi connectivity index (χ1) is 10.1. The zero-order valence-corrected chi connectivity index (χ0v) is 12.2. The number of hydrogen-bond donors (Lipinski definition) is 0. The number of nitrogens with zero attached hydrogens (tertiary/aromatic N) is 1. The predicted molar refractivity (Wildman–Crippen MR) is 78.5 cm³/mol. The second-order valence-electron chi connectivity index (χ2n) is 4.84. The number of hydrogen-bond acceptors (Lipinski definition) is 4. The zero-order chi connectivity index (χ0) is 15.2. The highest BCUT2D eigenvalue weighted by Gasteiger charge is 2.32. The molecule has 1 aromatic carbocycles. The van der Waals surface area contributed by atoms with Crippen LogP contribution in [0.3, 0.4) is 0 Å². The van der Waals surface area contributed by atoms with Gasteiger partial charge in [0.05, 0.1) is 20.3 Å². The maximum absolute atomic E-state index is 12.3. The van der Waals surface area contributed by atoms with E-state index in [-0.39, 0.29) is 12.5 Å². The van der Waals surface area contributed by atoms with Crippen molar-refractivity contribution in [1.82, 2.24) is 4.90 Å². The SMILES string of the molecule is COC(=O)C1COCCN1C(=O)/C=C/c1ccccc1C. The summed E-state index contributed by atoms with van der Waals surface area (Å²) >= 11 is 0. The van der Waals surface area contributed by atoms with E-state index in [0.29, 0.717) is 13.2 Å². The third kappa shape index (κ3) is 3.70. The third-order valence-electron chi connectivity index (χ3n) is 3.48. The third-order valence-corrected chi connectivity index (χ3v) is 3.48. The second kappa shape index (κ2) is 7.04. The van der Waals surface area contributed by atoms with Gasteiger partial charge in [0.25, 0.3) is 0 Å². The van der Waals surface area contributed by atoms with Gasteiger partial charge >= 0.3 is 5.97 Å². The number of benzene rings is 1. The van der Waals surface area contributed by atoms with Crippen LogP contribution >= 0.6 is 0 Å². The molecular formula is C16H19NO4. The Kier molecular flexibility index (Phi) is 5.11. The summed E-state index contributed by atoms with van der Waals surface area (Å²) in [5.41, 5.74) is 2.07. The Morgan fingerprint density at radius 1 is 1.38 bits per heavy atom. The molecule has 0 spiro atoms. The lowest BCUT2D eigenvalue weighted by Crippen LogP contribution is -2.52. The standard InChI is InChI=1S/C16H19NO4/c1-12-5-3-4-6-13(12)7-8-15(18)17-9-10-21-11-14(17)16(19)20-2/h3-8,14H,9-11H2,1-2H3/b8-7+. The summed E-state index contributed by atoms with van der Waals surface area (Å²) in [5, 5.41) is 0. The number of rotatable bonds is 3. The molecule has 5 heteroatoms. The highest BCUT2D eigenvalue weighted by Crippen LogP contribution is 2.12. The number of morpholine rings is 1. The molecule has 1 aliphatic rings. The molecule has 1 aromatic rings. The van der Waals surface area contributed by atoms with Crippen molar-refractivity contribution >= 4 is 18.0 Å². The monoisotopic (exact) mass is 289 g/mol. The van der Waals surface area contributed by atoms with Crippen LogP contribution in [0.1, 0.15) is 11.1 Å². The van der Waals surface area contributed by atoms with Gasteiger partial charge in [-0.1, -0.05) is 24.3 Å². The molecule has 1 atom stereocenters. The second-order valence-corrected chi connectivity index (χ2v) is 4.84. The Morgan fingerprint density at radius 3 is 2.86 bits per heavy atom. The number of aryl methyl sites for hydroxylation is 1. The largest absolute Gasteiger partial charge is 0.467 e. The number of esters is 1. The van der Waals surface area contributed by atoms with Crippen LogP contribution in [0.5, 0.6) is 0 Å². The Hall–Kier alpha value is -2.14. The van der Waals surface area contributed by atoms with Crippen LogP contribution in [-0.4, -0.2) is 49.7 Å². The van der Waals surface area contributed by atoms with Crippen molar-refractivity contribution in [1.29, 1.82) is 0 Å². The molecule has 1 saturated heterocycles. The van der Waals surface area contributed by atoms with Gasteiger partial charge in [0.1, 0.15) is 0 Å². The molecule has 5 nitrogen and oxygen atoms in total. The number of carbonyl (C=O) groups excluding carboxylic acids is 2.